The number of unbranched alkanes of at least 4 members (excludes halogenated alkanes) is 1. The molecule has 3 atom stereocenters. The lowest BCUT2D eigenvalue weighted by Crippen LogP contribution is -2.50. The van der Waals surface area contributed by atoms with Crippen LogP contribution in [0.15, 0.2) is 0 Å². The van der Waals surface area contributed by atoms with Crippen molar-refractivity contribution >= 4 is 5.97 Å². The predicted molar refractivity (Wildman–Crippen MR) is 84.4 cm³/mol. The molecule has 0 saturated carbocycles. The molecule has 0 aromatic heterocycles. The highest BCUT2D eigenvalue weighted by atomic mass is 16.5. The zero-order valence-electron chi connectivity index (χ0n) is 14.3. The standard InChI is InChI=1S/C16H32N2O3/c1-6-17-16(4,15(19)20-5)9-7-8-10-18-11-13(2)21-14(3)12-18/h13-14,17H,6-12H2,1-5H3/t13-,14+,16?. The average Bonchev–Trinajstić information content (AvgIpc) is 2.42. The van der Waals surface area contributed by atoms with E-state index in [-0.39, 0.29) is 5.97 Å². The van der Waals surface area contributed by atoms with E-state index in [0.717, 1.165) is 45.4 Å². The van der Waals surface area contributed by atoms with Gasteiger partial charge in [0.05, 0.1) is 19.3 Å². The van der Waals surface area contributed by atoms with Gasteiger partial charge in [-0.25, -0.2) is 0 Å². The summed E-state index contributed by atoms with van der Waals surface area (Å²) < 4.78 is 10.7. The van der Waals surface area contributed by atoms with Crippen molar-refractivity contribution in [2.24, 2.45) is 0 Å². The monoisotopic (exact) mass is 300 g/mol. The molecule has 1 saturated heterocycles. The molecule has 0 aromatic rings. The first kappa shape index (κ1) is 18.4. The second kappa shape index (κ2) is 8.71. The smallest absolute Gasteiger partial charge is 0.325 e. The highest BCUT2D eigenvalue weighted by Gasteiger charge is 2.32. The number of nitrogens with zero attached hydrogens (tertiary/aromatic N) is 1. The minimum Gasteiger partial charge on any atom is -0.468 e. The Morgan fingerprint density at radius 1 is 1.33 bits per heavy atom. The Hall–Kier alpha value is -0.650. The third-order valence-corrected chi connectivity index (χ3v) is 4.10. The SMILES string of the molecule is CCNC(C)(CCCCN1C[C@@H](C)O[C@@H](C)C1)C(=O)OC. The van der Waals surface area contributed by atoms with Gasteiger partial charge in [0, 0.05) is 13.1 Å². The number of nitrogens with one attached hydrogen (secondary N) is 1. The normalized spacial score (nSPS) is 26.3. The van der Waals surface area contributed by atoms with E-state index in [4.69, 9.17) is 9.47 Å². The number of morpholine rings is 1. The molecule has 1 rings (SSSR count). The lowest BCUT2D eigenvalue weighted by molar-refractivity contribution is -0.148. The maximum Gasteiger partial charge on any atom is 0.325 e. The number of ether oxygens (including phenoxy) is 2. The maximum absolute atomic E-state index is 11.9. The molecule has 1 aliphatic heterocycles. The van der Waals surface area contributed by atoms with Gasteiger partial charge in [0.2, 0.25) is 0 Å². The van der Waals surface area contributed by atoms with E-state index >= 15 is 0 Å². The molecule has 0 spiro atoms. The van der Waals surface area contributed by atoms with Gasteiger partial charge in [-0.05, 0) is 53.1 Å². The molecule has 0 aliphatic carbocycles. The Balaban J connectivity index is 2.32. The number of methoxy groups -OCH3 is 1. The number of rotatable bonds is 8. The zero-order valence-corrected chi connectivity index (χ0v) is 14.3. The topological polar surface area (TPSA) is 50.8 Å². The summed E-state index contributed by atoms with van der Waals surface area (Å²) in [5.74, 6) is -0.169. The fourth-order valence-electron chi connectivity index (χ4n) is 3.16. The van der Waals surface area contributed by atoms with Crippen molar-refractivity contribution in [3.63, 3.8) is 0 Å². The molecule has 0 bridgehead atoms. The number of esters is 1. The predicted octanol–water partition coefficient (Wildman–Crippen LogP) is 1.81. The molecule has 1 N–H and O–H groups in total. The van der Waals surface area contributed by atoms with Gasteiger partial charge in [-0.3, -0.25) is 9.69 Å². The van der Waals surface area contributed by atoms with Crippen molar-refractivity contribution in [2.45, 2.75) is 64.7 Å². The molecule has 1 unspecified atom stereocenters. The van der Waals surface area contributed by atoms with E-state index in [9.17, 15) is 4.79 Å². The van der Waals surface area contributed by atoms with Crippen LogP contribution in [-0.2, 0) is 14.3 Å². The van der Waals surface area contributed by atoms with Crippen LogP contribution < -0.4 is 5.32 Å². The summed E-state index contributed by atoms with van der Waals surface area (Å²) >= 11 is 0. The molecule has 124 valence electrons. The summed E-state index contributed by atoms with van der Waals surface area (Å²) in [7, 11) is 1.45. The summed E-state index contributed by atoms with van der Waals surface area (Å²) in [5, 5.41) is 3.25. The molecule has 0 amide bonds. The van der Waals surface area contributed by atoms with Crippen LogP contribution in [0.3, 0.4) is 0 Å². The van der Waals surface area contributed by atoms with Crippen LogP contribution >= 0.6 is 0 Å². The van der Waals surface area contributed by atoms with Crippen molar-refractivity contribution in [1.82, 2.24) is 10.2 Å². The molecule has 1 fully saturated rings. The first-order valence-electron chi connectivity index (χ1n) is 8.12. The molecule has 1 aliphatic rings. The highest BCUT2D eigenvalue weighted by molar-refractivity contribution is 5.80. The number of carbonyl (C=O) groups excluding carboxylic acids is 1. The van der Waals surface area contributed by atoms with E-state index in [0.29, 0.717) is 12.2 Å². The third-order valence-electron chi connectivity index (χ3n) is 4.10. The van der Waals surface area contributed by atoms with Crippen molar-refractivity contribution in [2.75, 3.05) is 33.3 Å². The number of hydrogen-bond acceptors (Lipinski definition) is 5. The summed E-state index contributed by atoms with van der Waals surface area (Å²) in [6.45, 7) is 12.0. The van der Waals surface area contributed by atoms with Crippen molar-refractivity contribution in [3.05, 3.63) is 0 Å². The van der Waals surface area contributed by atoms with Gasteiger partial charge >= 0.3 is 5.97 Å². The van der Waals surface area contributed by atoms with E-state index in [1.165, 1.54) is 7.11 Å². The van der Waals surface area contributed by atoms with Crippen LogP contribution in [0.2, 0.25) is 0 Å². The van der Waals surface area contributed by atoms with Gasteiger partial charge in [-0.1, -0.05) is 6.92 Å². The highest BCUT2D eigenvalue weighted by Crippen LogP contribution is 2.17. The Morgan fingerprint density at radius 3 is 2.48 bits per heavy atom. The van der Waals surface area contributed by atoms with Crippen LogP contribution in [0.1, 0.15) is 47.0 Å². The molecular formula is C16H32N2O3. The van der Waals surface area contributed by atoms with Gasteiger partial charge in [0.25, 0.3) is 0 Å². The second-order valence-electron chi connectivity index (χ2n) is 6.33. The fourth-order valence-corrected chi connectivity index (χ4v) is 3.16. The Morgan fingerprint density at radius 2 is 1.95 bits per heavy atom. The van der Waals surface area contributed by atoms with E-state index in [2.05, 4.69) is 24.1 Å². The van der Waals surface area contributed by atoms with Gasteiger partial charge in [0.15, 0.2) is 0 Å². The summed E-state index contributed by atoms with van der Waals surface area (Å²) in [6.07, 6.45) is 3.55. The Kier molecular flexibility index (Phi) is 7.63. The van der Waals surface area contributed by atoms with Crippen LogP contribution in [0.5, 0.6) is 0 Å². The number of hydrogen-bond donors (Lipinski definition) is 1. The lowest BCUT2D eigenvalue weighted by atomic mass is 9.94. The Bertz CT molecular complexity index is 315. The van der Waals surface area contributed by atoms with Gasteiger partial charge in [-0.15, -0.1) is 0 Å². The maximum atomic E-state index is 11.9. The molecule has 0 radical (unpaired) electrons. The lowest BCUT2D eigenvalue weighted by Gasteiger charge is -2.35. The first-order valence-corrected chi connectivity index (χ1v) is 8.12. The largest absolute Gasteiger partial charge is 0.468 e. The van der Waals surface area contributed by atoms with Crippen LogP contribution in [0.25, 0.3) is 0 Å². The molecular weight excluding hydrogens is 268 g/mol. The summed E-state index contributed by atoms with van der Waals surface area (Å²) in [6, 6.07) is 0. The van der Waals surface area contributed by atoms with Gasteiger partial charge < -0.3 is 14.8 Å². The third kappa shape index (κ3) is 5.93. The van der Waals surface area contributed by atoms with Crippen LogP contribution in [0.4, 0.5) is 0 Å². The zero-order chi connectivity index (χ0) is 15.9. The van der Waals surface area contributed by atoms with E-state index in [1.807, 2.05) is 13.8 Å². The molecule has 0 aromatic carbocycles. The van der Waals surface area contributed by atoms with Crippen molar-refractivity contribution in [1.29, 1.82) is 0 Å². The number of carbonyl (C=O) groups is 1. The van der Waals surface area contributed by atoms with E-state index in [1.54, 1.807) is 0 Å². The average molecular weight is 300 g/mol. The second-order valence-corrected chi connectivity index (χ2v) is 6.33. The van der Waals surface area contributed by atoms with Gasteiger partial charge in [-0.2, -0.15) is 0 Å². The Labute approximate surface area is 129 Å². The molecule has 5 heteroatoms. The van der Waals surface area contributed by atoms with Gasteiger partial charge in [0.1, 0.15) is 5.54 Å². The molecule has 5 nitrogen and oxygen atoms in total. The molecule has 21 heavy (non-hydrogen) atoms. The van der Waals surface area contributed by atoms with Crippen LogP contribution in [0, 0.1) is 0 Å². The summed E-state index contributed by atoms with van der Waals surface area (Å²) in [4.78, 5) is 14.4. The first-order chi connectivity index (χ1) is 9.91. The molecule has 1 heterocycles. The minimum absolute atomic E-state index is 0.169. The van der Waals surface area contributed by atoms with E-state index < -0.39 is 5.54 Å². The van der Waals surface area contributed by atoms with Crippen LogP contribution in [-0.4, -0.2) is 61.9 Å². The fraction of sp³-hybridized carbons (Fsp3) is 0.938. The van der Waals surface area contributed by atoms with Crippen molar-refractivity contribution < 1.29 is 14.3 Å². The minimum atomic E-state index is -0.560. The quantitative estimate of drug-likeness (QED) is 0.547. The summed E-state index contributed by atoms with van der Waals surface area (Å²) in [5.41, 5.74) is -0.560. The number of likely N-dealkylation sites (N-methyl/N-ethyl adjacent to an activating group) is 1. The van der Waals surface area contributed by atoms with Crippen molar-refractivity contribution in [3.8, 4) is 0 Å².